The summed E-state index contributed by atoms with van der Waals surface area (Å²) in [5, 5.41) is 3.85. The minimum Gasteiger partial charge on any atom is -0.355 e. The number of aliphatic imine (C=N–C) groups is 1. The van der Waals surface area contributed by atoms with E-state index in [1.807, 2.05) is 25.3 Å². The van der Waals surface area contributed by atoms with E-state index in [0.29, 0.717) is 6.42 Å². The second-order valence-electron chi connectivity index (χ2n) is 15.0. The molecule has 0 aliphatic heterocycles. The third-order valence-electron chi connectivity index (χ3n) is 10.8. The van der Waals surface area contributed by atoms with Crippen LogP contribution in [0.25, 0.3) is 28.4 Å². The Bertz CT molecular complexity index is 2400. The largest absolute Gasteiger partial charge is 0.355 e. The van der Waals surface area contributed by atoms with Gasteiger partial charge in [-0.25, -0.2) is 0 Å². The van der Waals surface area contributed by atoms with Gasteiger partial charge >= 0.3 is 0 Å². The van der Waals surface area contributed by atoms with Crippen LogP contribution in [0, 0.1) is 0 Å². The Morgan fingerprint density at radius 3 is 2.37 bits per heavy atom. The summed E-state index contributed by atoms with van der Waals surface area (Å²) in [5.74, 6) is 0. The second-order valence-corrected chi connectivity index (χ2v) is 15.0. The van der Waals surface area contributed by atoms with Crippen molar-refractivity contribution in [2.75, 3.05) is 5.32 Å². The van der Waals surface area contributed by atoms with Gasteiger partial charge < -0.3 is 5.32 Å². The van der Waals surface area contributed by atoms with Gasteiger partial charge in [-0.05, 0) is 120 Å². The Balaban J connectivity index is 1.40. The van der Waals surface area contributed by atoms with Crippen LogP contribution < -0.4 is 5.32 Å². The topological polar surface area (TPSA) is 24.4 Å². The van der Waals surface area contributed by atoms with Crippen LogP contribution >= 0.6 is 0 Å². The average Bonchev–Trinajstić information content (AvgIpc) is 3.45. The van der Waals surface area contributed by atoms with E-state index in [2.05, 4.69) is 191 Å². The highest BCUT2D eigenvalue weighted by Crippen LogP contribution is 2.50. The minimum atomic E-state index is -0.162. The highest BCUT2D eigenvalue weighted by atomic mass is 14.9. The number of anilines is 2. The van der Waals surface area contributed by atoms with Crippen LogP contribution in [0.1, 0.15) is 92.8 Å². The number of rotatable bonds is 14. The zero-order valence-electron chi connectivity index (χ0n) is 34.4. The number of aryl methyl sites for hydroxylation is 1. The van der Waals surface area contributed by atoms with Crippen LogP contribution in [0.3, 0.4) is 0 Å². The van der Waals surface area contributed by atoms with Gasteiger partial charge in [0, 0.05) is 46.2 Å². The summed E-state index contributed by atoms with van der Waals surface area (Å²) in [7, 11) is 0. The number of fused-ring (bicyclic) bond motifs is 2. The Labute approximate surface area is 341 Å². The quantitative estimate of drug-likeness (QED) is 0.0776. The van der Waals surface area contributed by atoms with Crippen LogP contribution in [-0.2, 0) is 11.8 Å². The molecule has 286 valence electrons. The van der Waals surface area contributed by atoms with Crippen molar-refractivity contribution in [2.24, 2.45) is 4.99 Å². The van der Waals surface area contributed by atoms with E-state index in [9.17, 15) is 0 Å². The number of nitrogens with zero attached hydrogens (tertiary/aromatic N) is 1. The first-order valence-corrected chi connectivity index (χ1v) is 20.2. The van der Waals surface area contributed by atoms with Crippen LogP contribution in [0.4, 0.5) is 11.4 Å². The van der Waals surface area contributed by atoms with Crippen molar-refractivity contribution in [2.45, 2.75) is 65.7 Å². The van der Waals surface area contributed by atoms with E-state index < -0.39 is 0 Å². The maximum atomic E-state index is 4.95. The molecule has 0 saturated heterocycles. The highest BCUT2D eigenvalue weighted by Gasteiger charge is 2.37. The van der Waals surface area contributed by atoms with E-state index in [0.717, 1.165) is 69.7 Å². The standard InChI is InChI=1S/C55H56N2/c1-8-12-27-46(56-37-36-42(22-10-3)43-23-14-13-15-24-43)34-32-41(21-9-2)45-33-35-54(57-53-31-20-26-44-25-16-17-28-48(44)53)50(39-45)40(5)38-52-47(11-4)49-29-18-19-30-51(49)55(52,6)7/h8-11,13-15,17-24,26-33,35-39,57H,1,5,12,16,25,34H2,2-4,6-7H3/b21-9-,22-10-,41-32+,42-36+,46-27-,47-11-,52-38+,56-37+. The van der Waals surface area contributed by atoms with Gasteiger partial charge in [-0.3, -0.25) is 4.99 Å². The molecule has 1 N–H and O–H groups in total. The van der Waals surface area contributed by atoms with E-state index in [-0.39, 0.29) is 5.41 Å². The van der Waals surface area contributed by atoms with Gasteiger partial charge in [-0.2, -0.15) is 0 Å². The molecular formula is C55H56N2. The molecule has 2 nitrogen and oxygen atoms in total. The van der Waals surface area contributed by atoms with E-state index >= 15 is 0 Å². The lowest BCUT2D eigenvalue weighted by Crippen LogP contribution is -2.15. The van der Waals surface area contributed by atoms with Gasteiger partial charge in [-0.15, -0.1) is 6.58 Å². The fourth-order valence-electron chi connectivity index (χ4n) is 7.89. The molecule has 0 spiro atoms. The fraction of sp³-hybridized carbons (Fsp3) is 0.182. The molecule has 0 bridgehead atoms. The summed E-state index contributed by atoms with van der Waals surface area (Å²) < 4.78 is 0. The number of nitrogens with one attached hydrogen (secondary N) is 1. The number of hydrogen-bond acceptors (Lipinski definition) is 2. The third-order valence-corrected chi connectivity index (χ3v) is 10.8. The summed E-state index contributed by atoms with van der Waals surface area (Å²) in [6, 6.07) is 32.5. The lowest BCUT2D eigenvalue weighted by Gasteiger charge is -2.23. The molecule has 0 amide bonds. The van der Waals surface area contributed by atoms with Crippen LogP contribution in [0.15, 0.2) is 187 Å². The lowest BCUT2D eigenvalue weighted by molar-refractivity contribution is 0.661. The Kier molecular flexibility index (Phi) is 13.5. The minimum absolute atomic E-state index is 0.162. The van der Waals surface area contributed by atoms with Crippen molar-refractivity contribution in [3.63, 3.8) is 0 Å². The maximum Gasteiger partial charge on any atom is 0.0464 e. The first-order valence-electron chi connectivity index (χ1n) is 20.2. The molecule has 0 aromatic heterocycles. The van der Waals surface area contributed by atoms with Crippen molar-refractivity contribution in [1.29, 1.82) is 0 Å². The Hall–Kier alpha value is -6.25. The van der Waals surface area contributed by atoms with E-state index in [1.54, 1.807) is 0 Å². The van der Waals surface area contributed by atoms with Crippen LogP contribution in [0.5, 0.6) is 0 Å². The molecule has 0 saturated carbocycles. The van der Waals surface area contributed by atoms with Gasteiger partial charge in [0.25, 0.3) is 0 Å². The van der Waals surface area contributed by atoms with Crippen LogP contribution in [-0.4, -0.2) is 6.21 Å². The molecule has 2 heteroatoms. The summed E-state index contributed by atoms with van der Waals surface area (Å²) in [5.41, 5.74) is 17.4. The van der Waals surface area contributed by atoms with Crippen molar-refractivity contribution in [3.05, 3.63) is 221 Å². The zero-order valence-corrected chi connectivity index (χ0v) is 34.4. The molecule has 4 aromatic carbocycles. The van der Waals surface area contributed by atoms with E-state index in [4.69, 9.17) is 11.6 Å². The monoisotopic (exact) mass is 744 g/mol. The molecule has 0 heterocycles. The van der Waals surface area contributed by atoms with E-state index in [1.165, 1.54) is 33.4 Å². The normalized spacial score (nSPS) is 16.9. The Morgan fingerprint density at radius 2 is 1.60 bits per heavy atom. The molecule has 0 fully saturated rings. The molecule has 0 unspecified atom stereocenters. The number of hydrogen-bond donors (Lipinski definition) is 1. The third kappa shape index (κ3) is 9.42. The van der Waals surface area contributed by atoms with Gasteiger partial charge in [-0.1, -0.05) is 160 Å². The SMILES string of the molecule is C=CC\C=C(C/C=C(\C=C/C)c1ccc(Nc2cccc3c2C=CCC3)c(C(=C)/C=C2\C(=C/C)c3ccccc3C2(C)C)c1)/N=C/C=C(\C=C/C)c1ccccc1. The second kappa shape index (κ2) is 19.1. The molecule has 4 aromatic rings. The van der Waals surface area contributed by atoms with Gasteiger partial charge in [0.15, 0.2) is 0 Å². The maximum absolute atomic E-state index is 4.95. The fourth-order valence-corrected chi connectivity index (χ4v) is 7.89. The van der Waals surface area contributed by atoms with Crippen molar-refractivity contribution < 1.29 is 0 Å². The molecule has 0 radical (unpaired) electrons. The predicted octanol–water partition coefficient (Wildman–Crippen LogP) is 15.3. The van der Waals surface area contributed by atoms with Crippen LogP contribution in [0.2, 0.25) is 0 Å². The highest BCUT2D eigenvalue weighted by molar-refractivity contribution is 5.95. The summed E-state index contributed by atoms with van der Waals surface area (Å²) >= 11 is 0. The Morgan fingerprint density at radius 1 is 0.825 bits per heavy atom. The van der Waals surface area contributed by atoms with Gasteiger partial charge in [0.1, 0.15) is 0 Å². The first kappa shape index (κ1) is 40.4. The lowest BCUT2D eigenvalue weighted by atomic mass is 9.81. The molecule has 57 heavy (non-hydrogen) atoms. The summed E-state index contributed by atoms with van der Waals surface area (Å²) in [6.45, 7) is 19.6. The van der Waals surface area contributed by atoms with Gasteiger partial charge in [0.2, 0.25) is 0 Å². The van der Waals surface area contributed by atoms with Crippen molar-refractivity contribution in [3.8, 4) is 0 Å². The van der Waals surface area contributed by atoms with Crippen molar-refractivity contribution >= 4 is 46.0 Å². The molecule has 0 atom stereocenters. The summed E-state index contributed by atoms with van der Waals surface area (Å²) in [6.07, 6.45) is 31.4. The zero-order chi connectivity index (χ0) is 40.2. The average molecular weight is 745 g/mol. The van der Waals surface area contributed by atoms with Gasteiger partial charge in [0.05, 0.1) is 0 Å². The summed E-state index contributed by atoms with van der Waals surface area (Å²) in [4.78, 5) is 4.95. The smallest absolute Gasteiger partial charge is 0.0464 e. The number of benzene rings is 4. The predicted molar refractivity (Wildman–Crippen MR) is 252 cm³/mol. The molecule has 2 aliphatic carbocycles. The molecular weight excluding hydrogens is 689 g/mol. The number of allylic oxidation sites excluding steroid dienone is 16. The molecule has 2 aliphatic rings. The molecule has 6 rings (SSSR count). The van der Waals surface area contributed by atoms with Crippen molar-refractivity contribution in [1.82, 2.24) is 0 Å². The first-order chi connectivity index (χ1) is 27.8.